The van der Waals surface area contributed by atoms with E-state index < -0.39 is 52.9 Å². The number of hydrogen-bond donors (Lipinski definition) is 1. The topological polar surface area (TPSA) is 134 Å². The molecule has 1 N–H and O–H groups in total. The second-order valence-electron chi connectivity index (χ2n) is 11.0. The number of carbonyl (C=O) groups is 5. The van der Waals surface area contributed by atoms with Gasteiger partial charge >= 0.3 is 18.0 Å². The Morgan fingerprint density at radius 2 is 1.59 bits per heavy atom. The van der Waals surface area contributed by atoms with E-state index in [0.717, 1.165) is 4.90 Å². The summed E-state index contributed by atoms with van der Waals surface area (Å²) in [7, 11) is 1.25. The number of fused-ring (bicyclic) bond motifs is 1. The maximum Gasteiger partial charge on any atom is 0.411 e. The molecule has 1 aromatic rings. The summed E-state index contributed by atoms with van der Waals surface area (Å²) in [6, 6.07) is 4.01. The second kappa shape index (κ2) is 10.5. The van der Waals surface area contributed by atoms with E-state index in [0.29, 0.717) is 19.5 Å². The number of esters is 1. The van der Waals surface area contributed by atoms with Gasteiger partial charge in [0, 0.05) is 19.6 Å². The van der Waals surface area contributed by atoms with Gasteiger partial charge in [0.1, 0.15) is 17.7 Å². The Morgan fingerprint density at radius 3 is 2.08 bits per heavy atom. The first kappa shape index (κ1) is 28.1. The van der Waals surface area contributed by atoms with Crippen LogP contribution in [0.2, 0.25) is 0 Å². The zero-order chi connectivity index (χ0) is 27.7. The molecule has 2 unspecified atom stereocenters. The zero-order valence-electron chi connectivity index (χ0n) is 22.1. The van der Waals surface area contributed by atoms with Gasteiger partial charge in [-0.05, 0) is 51.3 Å². The summed E-state index contributed by atoms with van der Waals surface area (Å²) < 4.78 is 10.4. The second-order valence-corrected chi connectivity index (χ2v) is 11.0. The van der Waals surface area contributed by atoms with Crippen molar-refractivity contribution in [1.82, 2.24) is 14.7 Å². The highest BCUT2D eigenvalue weighted by Crippen LogP contribution is 2.35. The van der Waals surface area contributed by atoms with Crippen molar-refractivity contribution in [3.8, 4) is 0 Å². The molecule has 3 amide bonds. The number of carboxylic acid groups (broad SMARTS) is 1. The molecule has 1 saturated heterocycles. The van der Waals surface area contributed by atoms with Gasteiger partial charge in [0.25, 0.3) is 11.8 Å². The van der Waals surface area contributed by atoms with Gasteiger partial charge in [-0.2, -0.15) is 0 Å². The van der Waals surface area contributed by atoms with Crippen LogP contribution in [0.4, 0.5) is 4.79 Å². The summed E-state index contributed by atoms with van der Waals surface area (Å²) in [5, 5.41) is 10.1. The van der Waals surface area contributed by atoms with E-state index in [1.807, 2.05) is 4.90 Å². The average Bonchev–Trinajstić information content (AvgIpc) is 3.06. The summed E-state index contributed by atoms with van der Waals surface area (Å²) >= 11 is 0. The maximum absolute atomic E-state index is 13.0. The molecule has 0 aromatic heterocycles. The van der Waals surface area contributed by atoms with Gasteiger partial charge < -0.3 is 14.6 Å². The van der Waals surface area contributed by atoms with Gasteiger partial charge in [-0.1, -0.05) is 26.0 Å². The summed E-state index contributed by atoms with van der Waals surface area (Å²) in [6.45, 7) is 9.80. The number of hydrogen-bond acceptors (Lipinski definition) is 8. The molecular weight excluding hydrogens is 482 g/mol. The Morgan fingerprint density at radius 1 is 1.03 bits per heavy atom. The number of carbonyl (C=O) groups excluding carboxylic acids is 4. The number of ether oxygens (including phenoxy) is 2. The van der Waals surface area contributed by atoms with Crippen molar-refractivity contribution >= 4 is 29.8 Å². The SMILES string of the molecule is COC(=O)C1CN(CCC(C)(C)C(C(=O)O)N2C(=O)c3ccccc3C2=O)CCN1C(=O)OC(C)(C)C. The number of imide groups is 1. The molecule has 0 aliphatic carbocycles. The third kappa shape index (κ3) is 5.93. The standard InChI is InChI=1S/C26H35N3O8/c1-25(2,3)37-24(35)28-14-13-27(15-18(28)23(34)36-6)12-11-26(4,5)19(22(32)33)29-20(30)16-9-7-8-10-17(16)21(29)31/h7-10,18-19H,11-15H2,1-6H3,(H,32,33). The molecule has 0 saturated carbocycles. The van der Waals surface area contributed by atoms with Gasteiger partial charge in [0.05, 0.1) is 18.2 Å². The normalized spacial score (nSPS) is 19.5. The van der Waals surface area contributed by atoms with E-state index in [2.05, 4.69) is 0 Å². The van der Waals surface area contributed by atoms with Crippen LogP contribution in [0.3, 0.4) is 0 Å². The Kier molecular flexibility index (Phi) is 7.97. The molecule has 0 spiro atoms. The number of nitrogens with zero attached hydrogens (tertiary/aromatic N) is 3. The molecule has 37 heavy (non-hydrogen) atoms. The lowest BCUT2D eigenvalue weighted by Gasteiger charge is -2.42. The first-order chi connectivity index (χ1) is 17.2. The molecule has 0 bridgehead atoms. The monoisotopic (exact) mass is 517 g/mol. The fourth-order valence-electron chi connectivity index (χ4n) is 4.74. The van der Waals surface area contributed by atoms with E-state index in [4.69, 9.17) is 9.47 Å². The average molecular weight is 518 g/mol. The molecule has 2 heterocycles. The summed E-state index contributed by atoms with van der Waals surface area (Å²) in [6.07, 6.45) is -0.308. The third-order valence-electron chi connectivity index (χ3n) is 6.70. The van der Waals surface area contributed by atoms with Crippen molar-refractivity contribution in [3.05, 3.63) is 35.4 Å². The summed E-state index contributed by atoms with van der Waals surface area (Å²) in [4.78, 5) is 67.6. The van der Waals surface area contributed by atoms with E-state index in [1.54, 1.807) is 46.8 Å². The molecular formula is C26H35N3O8. The molecule has 11 nitrogen and oxygen atoms in total. The number of piperazine rings is 1. The molecule has 1 aromatic carbocycles. The molecule has 2 atom stereocenters. The zero-order valence-corrected chi connectivity index (χ0v) is 22.1. The third-order valence-corrected chi connectivity index (χ3v) is 6.70. The van der Waals surface area contributed by atoms with Crippen molar-refractivity contribution in [2.75, 3.05) is 33.3 Å². The Hall–Kier alpha value is -3.47. The lowest BCUT2D eigenvalue weighted by Crippen LogP contribution is -2.60. The predicted octanol–water partition coefficient (Wildman–Crippen LogP) is 2.25. The Balaban J connectivity index is 1.73. The fraction of sp³-hybridized carbons (Fsp3) is 0.577. The van der Waals surface area contributed by atoms with Crippen LogP contribution in [0.25, 0.3) is 0 Å². The van der Waals surface area contributed by atoms with E-state index in [-0.39, 0.29) is 24.2 Å². The van der Waals surface area contributed by atoms with Crippen molar-refractivity contribution in [1.29, 1.82) is 0 Å². The number of amides is 3. The Labute approximate surface area is 216 Å². The van der Waals surface area contributed by atoms with Crippen LogP contribution in [-0.4, -0.2) is 101 Å². The molecule has 2 aliphatic heterocycles. The number of aliphatic carboxylic acids is 1. The fourth-order valence-corrected chi connectivity index (χ4v) is 4.74. The van der Waals surface area contributed by atoms with Gasteiger partial charge in [-0.15, -0.1) is 0 Å². The van der Waals surface area contributed by atoms with Crippen LogP contribution in [0.5, 0.6) is 0 Å². The predicted molar refractivity (Wildman–Crippen MR) is 132 cm³/mol. The largest absolute Gasteiger partial charge is 0.480 e. The minimum Gasteiger partial charge on any atom is -0.480 e. The van der Waals surface area contributed by atoms with Crippen LogP contribution in [-0.2, 0) is 19.1 Å². The van der Waals surface area contributed by atoms with Crippen molar-refractivity contribution < 1.29 is 38.6 Å². The summed E-state index contributed by atoms with van der Waals surface area (Å²) in [5.74, 6) is -3.11. The van der Waals surface area contributed by atoms with Crippen LogP contribution >= 0.6 is 0 Å². The molecule has 0 radical (unpaired) electrons. The van der Waals surface area contributed by atoms with Crippen molar-refractivity contribution in [2.45, 2.75) is 58.7 Å². The van der Waals surface area contributed by atoms with Crippen molar-refractivity contribution in [3.63, 3.8) is 0 Å². The minimum absolute atomic E-state index is 0.173. The van der Waals surface area contributed by atoms with Gasteiger partial charge in [-0.3, -0.25) is 24.3 Å². The summed E-state index contributed by atoms with van der Waals surface area (Å²) in [5.41, 5.74) is -1.35. The number of methoxy groups -OCH3 is 1. The van der Waals surface area contributed by atoms with E-state index in [9.17, 15) is 29.1 Å². The van der Waals surface area contributed by atoms with Crippen LogP contribution < -0.4 is 0 Å². The number of benzene rings is 1. The van der Waals surface area contributed by atoms with Gasteiger partial charge in [0.15, 0.2) is 0 Å². The van der Waals surface area contributed by atoms with Gasteiger partial charge in [-0.25, -0.2) is 14.4 Å². The minimum atomic E-state index is -1.39. The first-order valence-electron chi connectivity index (χ1n) is 12.2. The molecule has 2 aliphatic rings. The highest BCUT2D eigenvalue weighted by Gasteiger charge is 2.49. The highest BCUT2D eigenvalue weighted by molar-refractivity contribution is 6.22. The molecule has 3 rings (SSSR count). The van der Waals surface area contributed by atoms with E-state index in [1.165, 1.54) is 24.1 Å². The van der Waals surface area contributed by atoms with Crippen molar-refractivity contribution in [2.24, 2.45) is 5.41 Å². The van der Waals surface area contributed by atoms with Crippen LogP contribution in [0.15, 0.2) is 24.3 Å². The lowest BCUT2D eigenvalue weighted by molar-refractivity contribution is -0.149. The number of carboxylic acids is 1. The van der Waals surface area contributed by atoms with Gasteiger partial charge in [0.2, 0.25) is 0 Å². The first-order valence-corrected chi connectivity index (χ1v) is 12.2. The highest BCUT2D eigenvalue weighted by atomic mass is 16.6. The maximum atomic E-state index is 13.0. The van der Waals surface area contributed by atoms with E-state index >= 15 is 0 Å². The smallest absolute Gasteiger partial charge is 0.411 e. The number of rotatable bonds is 7. The Bertz CT molecular complexity index is 1060. The quantitative estimate of drug-likeness (QED) is 0.427. The molecule has 1 fully saturated rings. The van der Waals surface area contributed by atoms with Crippen LogP contribution in [0, 0.1) is 5.41 Å². The molecule has 202 valence electrons. The van der Waals surface area contributed by atoms with Crippen LogP contribution in [0.1, 0.15) is 61.8 Å². The molecule has 11 heteroatoms. The lowest BCUT2D eigenvalue weighted by atomic mass is 9.79.